The van der Waals surface area contributed by atoms with E-state index >= 15 is 0 Å². The molecule has 4 heterocycles. The van der Waals surface area contributed by atoms with Crippen molar-refractivity contribution in [2.45, 2.75) is 6.73 Å². The van der Waals surface area contributed by atoms with Gasteiger partial charge in [0.2, 0.25) is 0 Å². The summed E-state index contributed by atoms with van der Waals surface area (Å²) in [7, 11) is 0. The van der Waals surface area contributed by atoms with Gasteiger partial charge in [-0.3, -0.25) is 4.79 Å². The van der Waals surface area contributed by atoms with Crippen LogP contribution in [-0.2, 0) is 6.73 Å². The number of thiophene rings is 1. The number of rotatable bonds is 6. The molecule has 4 aromatic heterocycles. The average Bonchev–Trinajstić information content (AvgIpc) is 3.52. The smallest absolute Gasteiger partial charge is 0.261 e. The molecule has 0 saturated carbocycles. The Morgan fingerprint density at radius 3 is 2.94 bits per heavy atom. The summed E-state index contributed by atoms with van der Waals surface area (Å²) < 4.78 is 8.89. The van der Waals surface area contributed by atoms with Gasteiger partial charge in [-0.15, -0.1) is 11.3 Å². The van der Waals surface area contributed by atoms with Crippen molar-refractivity contribution in [1.82, 2.24) is 24.4 Å². The number of halogens is 1. The van der Waals surface area contributed by atoms with Crippen LogP contribution >= 0.6 is 22.9 Å². The molecule has 8 nitrogen and oxygen atoms in total. The number of ether oxygens (including phenoxy) is 1. The van der Waals surface area contributed by atoms with Gasteiger partial charge in [0.25, 0.3) is 5.91 Å². The number of fused-ring (bicyclic) bond motifs is 1. The van der Waals surface area contributed by atoms with Crippen LogP contribution in [0.25, 0.3) is 16.2 Å². The van der Waals surface area contributed by atoms with Crippen molar-refractivity contribution in [3.05, 3.63) is 83.2 Å². The largest absolute Gasteiger partial charge is 0.471 e. The van der Waals surface area contributed by atoms with E-state index in [4.69, 9.17) is 16.3 Å². The minimum atomic E-state index is -0.318. The lowest BCUT2D eigenvalue weighted by Gasteiger charge is -2.06. The normalized spacial score (nSPS) is 11.0. The Hall–Kier alpha value is -3.69. The number of hydrogen-bond donors (Lipinski definition) is 1. The highest BCUT2D eigenvalue weighted by Gasteiger charge is 2.17. The van der Waals surface area contributed by atoms with Gasteiger partial charge in [-0.05, 0) is 35.7 Å². The maximum Gasteiger partial charge on any atom is 0.261 e. The minimum Gasteiger partial charge on any atom is -0.471 e. The van der Waals surface area contributed by atoms with Gasteiger partial charge in [0.1, 0.15) is 11.3 Å². The number of anilines is 1. The first-order valence-electron chi connectivity index (χ1n) is 9.26. The van der Waals surface area contributed by atoms with Crippen LogP contribution in [0.2, 0.25) is 5.02 Å². The molecule has 5 rings (SSSR count). The van der Waals surface area contributed by atoms with Gasteiger partial charge < -0.3 is 10.1 Å². The first-order chi connectivity index (χ1) is 15.2. The molecular formula is C21H15ClN6O2S. The van der Waals surface area contributed by atoms with Crippen LogP contribution in [0.4, 0.5) is 5.69 Å². The Bertz CT molecular complexity index is 1360. The number of carbonyl (C=O) groups excluding carboxylic acids is 1. The Morgan fingerprint density at radius 2 is 2.10 bits per heavy atom. The van der Waals surface area contributed by atoms with E-state index in [1.807, 2.05) is 23.6 Å². The van der Waals surface area contributed by atoms with Crippen molar-refractivity contribution in [3.8, 4) is 16.3 Å². The number of aromatic nitrogens is 5. The van der Waals surface area contributed by atoms with Crippen molar-refractivity contribution in [2.24, 2.45) is 0 Å². The van der Waals surface area contributed by atoms with Crippen molar-refractivity contribution < 1.29 is 9.53 Å². The lowest BCUT2D eigenvalue weighted by Crippen LogP contribution is -2.12. The summed E-state index contributed by atoms with van der Waals surface area (Å²) in [5, 5.41) is 14.0. The zero-order valence-corrected chi connectivity index (χ0v) is 17.5. The van der Waals surface area contributed by atoms with Gasteiger partial charge in [-0.2, -0.15) is 10.2 Å². The molecule has 1 N–H and O–H groups in total. The summed E-state index contributed by atoms with van der Waals surface area (Å²) in [5.74, 6) is 0.314. The average molecular weight is 451 g/mol. The number of benzene rings is 1. The lowest BCUT2D eigenvalue weighted by atomic mass is 10.3. The molecule has 154 valence electrons. The lowest BCUT2D eigenvalue weighted by molar-refractivity contribution is 0.102. The van der Waals surface area contributed by atoms with Crippen LogP contribution in [0.1, 0.15) is 10.4 Å². The highest BCUT2D eigenvalue weighted by Crippen LogP contribution is 2.25. The molecule has 0 bridgehead atoms. The maximum absolute atomic E-state index is 12.8. The summed E-state index contributed by atoms with van der Waals surface area (Å²) in [4.78, 5) is 18.2. The first-order valence-corrected chi connectivity index (χ1v) is 10.5. The minimum absolute atomic E-state index is 0.179. The fourth-order valence-electron chi connectivity index (χ4n) is 3.06. The molecule has 1 amide bonds. The Morgan fingerprint density at radius 1 is 1.16 bits per heavy atom. The Balaban J connectivity index is 1.31. The van der Waals surface area contributed by atoms with Crippen LogP contribution < -0.4 is 10.1 Å². The van der Waals surface area contributed by atoms with Crippen molar-refractivity contribution in [1.29, 1.82) is 0 Å². The van der Waals surface area contributed by atoms with Crippen LogP contribution in [0, 0.1) is 0 Å². The van der Waals surface area contributed by atoms with Crippen molar-refractivity contribution in [3.63, 3.8) is 0 Å². The second kappa shape index (κ2) is 8.21. The zero-order chi connectivity index (χ0) is 21.2. The fourth-order valence-corrected chi connectivity index (χ4v) is 3.97. The molecule has 0 unspecified atom stereocenters. The predicted octanol–water partition coefficient (Wildman–Crippen LogP) is 4.60. The van der Waals surface area contributed by atoms with E-state index in [9.17, 15) is 4.79 Å². The van der Waals surface area contributed by atoms with Gasteiger partial charge in [0.05, 0.1) is 34.8 Å². The fraction of sp³-hybridized carbons (Fsp3) is 0.0476. The van der Waals surface area contributed by atoms with Crippen molar-refractivity contribution in [2.75, 3.05) is 5.32 Å². The number of carbonyl (C=O) groups is 1. The van der Waals surface area contributed by atoms with Gasteiger partial charge in [-0.1, -0.05) is 23.7 Å². The van der Waals surface area contributed by atoms with E-state index < -0.39 is 0 Å². The number of hydrogen-bond acceptors (Lipinski definition) is 6. The summed E-state index contributed by atoms with van der Waals surface area (Å²) in [6, 6.07) is 12.9. The van der Waals surface area contributed by atoms with E-state index in [1.165, 1.54) is 6.20 Å². The Labute approximate surface area is 185 Å². The molecule has 0 aliphatic rings. The molecule has 0 radical (unpaired) electrons. The van der Waals surface area contributed by atoms with Gasteiger partial charge in [0, 0.05) is 11.2 Å². The standard InChI is InChI=1S/C21H15ClN6O2S/c22-14-3-1-4-16(9-14)30-13-27-12-15(10-24-27)26-21(29)17-11-25-28-18(6-7-23-20(17)28)19-5-2-8-31-19/h1-12H,13H2,(H,26,29). The number of amides is 1. The second-order valence-electron chi connectivity index (χ2n) is 6.55. The monoisotopic (exact) mass is 450 g/mol. The summed E-state index contributed by atoms with van der Waals surface area (Å²) >= 11 is 7.55. The van der Waals surface area contributed by atoms with E-state index in [1.54, 1.807) is 63.4 Å². The van der Waals surface area contributed by atoms with E-state index in [2.05, 4.69) is 20.5 Å². The SMILES string of the molecule is O=C(Nc1cnn(COc2cccc(Cl)c2)c1)c1cnn2c(-c3cccs3)ccnc12. The molecule has 0 aliphatic heterocycles. The van der Waals surface area contributed by atoms with Crippen LogP contribution in [0.3, 0.4) is 0 Å². The van der Waals surface area contributed by atoms with Crippen LogP contribution in [0.5, 0.6) is 5.75 Å². The topological polar surface area (TPSA) is 86.3 Å². The molecule has 0 atom stereocenters. The molecule has 0 aliphatic carbocycles. The van der Waals surface area contributed by atoms with Crippen LogP contribution in [-0.4, -0.2) is 30.3 Å². The molecule has 0 spiro atoms. The Kier molecular flexibility index (Phi) is 5.11. The molecule has 10 heteroatoms. The summed E-state index contributed by atoms with van der Waals surface area (Å²) in [5.41, 5.74) is 2.28. The summed E-state index contributed by atoms with van der Waals surface area (Å²) in [6.45, 7) is 0.179. The molecule has 5 aromatic rings. The highest BCUT2D eigenvalue weighted by atomic mass is 35.5. The van der Waals surface area contributed by atoms with Gasteiger partial charge >= 0.3 is 0 Å². The van der Waals surface area contributed by atoms with Gasteiger partial charge in [0.15, 0.2) is 12.4 Å². The third-order valence-corrected chi connectivity index (χ3v) is 5.60. The number of nitrogens with one attached hydrogen (secondary N) is 1. The molecule has 31 heavy (non-hydrogen) atoms. The van der Waals surface area contributed by atoms with E-state index in [0.29, 0.717) is 27.7 Å². The molecule has 0 fully saturated rings. The predicted molar refractivity (Wildman–Crippen MR) is 119 cm³/mol. The van der Waals surface area contributed by atoms with Gasteiger partial charge in [-0.25, -0.2) is 14.2 Å². The van der Waals surface area contributed by atoms with Crippen LogP contribution in [0.15, 0.2) is 72.6 Å². The van der Waals surface area contributed by atoms with Crippen molar-refractivity contribution >= 4 is 40.2 Å². The second-order valence-corrected chi connectivity index (χ2v) is 7.94. The zero-order valence-electron chi connectivity index (χ0n) is 16.0. The highest BCUT2D eigenvalue weighted by molar-refractivity contribution is 7.13. The van der Waals surface area contributed by atoms with E-state index in [0.717, 1.165) is 10.6 Å². The summed E-state index contributed by atoms with van der Waals surface area (Å²) in [6.07, 6.45) is 6.42. The number of nitrogens with zero attached hydrogens (tertiary/aromatic N) is 5. The third-order valence-electron chi connectivity index (χ3n) is 4.47. The molecule has 0 saturated heterocycles. The maximum atomic E-state index is 12.8. The molecule has 1 aromatic carbocycles. The third kappa shape index (κ3) is 4.00. The molecular weight excluding hydrogens is 436 g/mol. The van der Waals surface area contributed by atoms with E-state index in [-0.39, 0.29) is 12.6 Å². The first kappa shape index (κ1) is 19.3. The quantitative estimate of drug-likeness (QED) is 0.408.